The van der Waals surface area contributed by atoms with E-state index in [-0.39, 0.29) is 5.43 Å². The van der Waals surface area contributed by atoms with Crippen molar-refractivity contribution in [2.24, 2.45) is 0 Å². The molecule has 9 aromatic rings. The van der Waals surface area contributed by atoms with E-state index in [2.05, 4.69) is 155 Å². The van der Waals surface area contributed by atoms with Crippen LogP contribution in [0.25, 0.3) is 44.1 Å². The van der Waals surface area contributed by atoms with Gasteiger partial charge >= 0.3 is 0 Å². The normalized spacial score (nSPS) is 11.2. The number of unbranched alkanes of at least 4 members (excludes halogenated alkanes) is 9. The molecule has 0 saturated heterocycles. The van der Waals surface area contributed by atoms with E-state index in [0.29, 0.717) is 0 Å². The van der Waals surface area contributed by atoms with Crippen LogP contribution >= 0.6 is 0 Å². The molecule has 8 nitrogen and oxygen atoms in total. The lowest BCUT2D eigenvalue weighted by Gasteiger charge is -2.26. The minimum atomic E-state index is 0.0386. The van der Waals surface area contributed by atoms with Crippen LogP contribution in [0.5, 0.6) is 23.0 Å². The third-order valence-corrected chi connectivity index (χ3v) is 14.0. The van der Waals surface area contributed by atoms with Crippen LogP contribution in [0.2, 0.25) is 0 Å². The molecular weight excluding hydrogens is 903 g/mol. The minimum absolute atomic E-state index is 0.0386. The van der Waals surface area contributed by atoms with E-state index in [9.17, 15) is 4.79 Å². The third kappa shape index (κ3) is 11.6. The minimum Gasteiger partial charge on any atom is -0.497 e. The van der Waals surface area contributed by atoms with E-state index >= 15 is 0 Å². The van der Waals surface area contributed by atoms with Crippen LogP contribution < -0.4 is 34.2 Å². The maximum Gasteiger partial charge on any atom is 0.197 e. The summed E-state index contributed by atoms with van der Waals surface area (Å²) in [5, 5.41) is 1.45. The standard InChI is InChI=1S/C65H67N3O5/c1-6-7-8-9-10-11-12-13-14-15-44-66-63-42-20-49(47-16-22-51(23-17-47)67(53-26-34-57(70-2)35-27-53)54-28-36-58(71-3)37-29-54)45-61(63)65(69)62-46-50(21-43-64(62)66)48-18-24-52(25-19-48)68(55-30-38-59(72-4)39-31-55)56-32-40-60(73-5)41-33-56/h16-43,45-46H,6-15,44H2,1-5H3. The number of pyridine rings is 1. The summed E-state index contributed by atoms with van der Waals surface area (Å²) in [7, 11) is 6.72. The topological polar surface area (TPSA) is 65.4 Å². The van der Waals surface area contributed by atoms with Gasteiger partial charge in [-0.1, -0.05) is 101 Å². The molecule has 0 atom stereocenters. The molecule has 0 spiro atoms. The van der Waals surface area contributed by atoms with Gasteiger partial charge in [0.2, 0.25) is 0 Å². The van der Waals surface area contributed by atoms with Crippen molar-refractivity contribution < 1.29 is 18.9 Å². The van der Waals surface area contributed by atoms with Gasteiger partial charge in [-0.05, 0) is 174 Å². The van der Waals surface area contributed by atoms with Crippen molar-refractivity contribution in [1.82, 2.24) is 4.57 Å². The second-order valence-corrected chi connectivity index (χ2v) is 18.7. The number of hydrogen-bond donors (Lipinski definition) is 0. The zero-order chi connectivity index (χ0) is 50.5. The molecule has 372 valence electrons. The molecule has 1 heterocycles. The molecule has 0 aliphatic rings. The number of aryl methyl sites for hydroxylation is 1. The molecule has 0 radical (unpaired) electrons. The number of benzene rings is 8. The summed E-state index contributed by atoms with van der Waals surface area (Å²) in [5.74, 6) is 3.18. The summed E-state index contributed by atoms with van der Waals surface area (Å²) in [6.07, 6.45) is 12.7. The van der Waals surface area contributed by atoms with Crippen molar-refractivity contribution in [1.29, 1.82) is 0 Å². The molecule has 8 aromatic carbocycles. The van der Waals surface area contributed by atoms with Gasteiger partial charge in [-0.3, -0.25) is 4.79 Å². The molecule has 0 aliphatic carbocycles. The van der Waals surface area contributed by atoms with Gasteiger partial charge in [0, 0.05) is 51.4 Å². The molecule has 0 aliphatic heterocycles. The highest BCUT2D eigenvalue weighted by atomic mass is 16.5. The molecule has 0 amide bonds. The van der Waals surface area contributed by atoms with Crippen molar-refractivity contribution in [3.63, 3.8) is 0 Å². The largest absolute Gasteiger partial charge is 0.497 e. The van der Waals surface area contributed by atoms with Crippen molar-refractivity contribution >= 4 is 55.9 Å². The zero-order valence-electron chi connectivity index (χ0n) is 43.0. The summed E-state index contributed by atoms with van der Waals surface area (Å²) >= 11 is 0. The van der Waals surface area contributed by atoms with Crippen molar-refractivity contribution in [3.8, 4) is 45.3 Å². The molecule has 0 saturated carbocycles. The predicted octanol–water partition coefficient (Wildman–Crippen LogP) is 17.4. The number of methoxy groups -OCH3 is 4. The third-order valence-electron chi connectivity index (χ3n) is 14.0. The van der Waals surface area contributed by atoms with Gasteiger partial charge in [0.05, 0.1) is 39.5 Å². The van der Waals surface area contributed by atoms with Crippen LogP contribution in [-0.2, 0) is 6.54 Å². The fraction of sp³-hybridized carbons (Fsp3) is 0.246. The average Bonchev–Trinajstić information content (AvgIpc) is 3.45. The van der Waals surface area contributed by atoms with Crippen molar-refractivity contribution in [2.75, 3.05) is 38.2 Å². The van der Waals surface area contributed by atoms with Gasteiger partial charge in [-0.25, -0.2) is 0 Å². The number of aromatic nitrogens is 1. The lowest BCUT2D eigenvalue weighted by atomic mass is 9.98. The van der Waals surface area contributed by atoms with E-state index in [4.69, 9.17) is 18.9 Å². The Morgan fingerprint density at radius 3 is 0.918 bits per heavy atom. The highest BCUT2D eigenvalue weighted by molar-refractivity contribution is 5.97. The Balaban J connectivity index is 1.05. The maximum absolute atomic E-state index is 15.0. The van der Waals surface area contributed by atoms with Crippen LogP contribution in [0.1, 0.15) is 71.1 Å². The van der Waals surface area contributed by atoms with E-state index < -0.39 is 0 Å². The van der Waals surface area contributed by atoms with E-state index in [1.807, 2.05) is 48.5 Å². The van der Waals surface area contributed by atoms with Crippen molar-refractivity contribution in [2.45, 2.75) is 77.7 Å². The quantitative estimate of drug-likeness (QED) is 0.0467. The van der Waals surface area contributed by atoms with Crippen molar-refractivity contribution in [3.05, 3.63) is 192 Å². The number of fused-ring (bicyclic) bond motifs is 2. The molecule has 0 bridgehead atoms. The molecule has 73 heavy (non-hydrogen) atoms. The first-order valence-electron chi connectivity index (χ1n) is 25.9. The van der Waals surface area contributed by atoms with E-state index in [0.717, 1.165) is 121 Å². The predicted molar refractivity (Wildman–Crippen MR) is 304 cm³/mol. The van der Waals surface area contributed by atoms with E-state index in [1.165, 1.54) is 51.4 Å². The molecule has 0 N–H and O–H groups in total. The first-order chi connectivity index (χ1) is 35.9. The fourth-order valence-corrected chi connectivity index (χ4v) is 9.96. The smallest absolute Gasteiger partial charge is 0.197 e. The Kier molecular flexibility index (Phi) is 16.4. The molecule has 1 aromatic heterocycles. The summed E-state index contributed by atoms with van der Waals surface area (Å²) < 4.78 is 24.3. The fourth-order valence-electron chi connectivity index (χ4n) is 9.96. The van der Waals surface area contributed by atoms with Gasteiger partial charge < -0.3 is 33.3 Å². The Labute approximate surface area is 431 Å². The van der Waals surface area contributed by atoms with Crippen LogP contribution in [0.15, 0.2) is 187 Å². The molecule has 0 fully saturated rings. The van der Waals surface area contributed by atoms with Crippen LogP contribution in [0, 0.1) is 0 Å². The Morgan fingerprint density at radius 2 is 0.616 bits per heavy atom. The molecule has 8 heteroatoms. The lowest BCUT2D eigenvalue weighted by molar-refractivity contribution is 0.414. The number of anilines is 6. The Bertz CT molecular complexity index is 2960. The Hall–Kier alpha value is -7.97. The average molecular weight is 970 g/mol. The van der Waals surface area contributed by atoms with Gasteiger partial charge in [-0.15, -0.1) is 0 Å². The highest BCUT2D eigenvalue weighted by Gasteiger charge is 2.18. The second kappa shape index (κ2) is 24.0. The number of nitrogens with zero attached hydrogens (tertiary/aromatic N) is 3. The first kappa shape index (κ1) is 50.0. The van der Waals surface area contributed by atoms with Gasteiger partial charge in [0.1, 0.15) is 23.0 Å². The monoisotopic (exact) mass is 970 g/mol. The zero-order valence-corrected chi connectivity index (χ0v) is 43.0. The number of rotatable bonds is 23. The molecule has 0 unspecified atom stereocenters. The van der Waals surface area contributed by atoms with Crippen LogP contribution in [0.3, 0.4) is 0 Å². The Morgan fingerprint density at radius 1 is 0.342 bits per heavy atom. The van der Waals surface area contributed by atoms with Gasteiger partial charge in [0.25, 0.3) is 0 Å². The first-order valence-corrected chi connectivity index (χ1v) is 25.9. The lowest BCUT2D eigenvalue weighted by Crippen LogP contribution is -2.12. The summed E-state index contributed by atoms with van der Waals surface area (Å²) in [6.45, 7) is 3.11. The van der Waals surface area contributed by atoms with Gasteiger partial charge in [0.15, 0.2) is 5.43 Å². The van der Waals surface area contributed by atoms with Gasteiger partial charge in [-0.2, -0.15) is 0 Å². The van der Waals surface area contributed by atoms with E-state index in [1.54, 1.807) is 28.4 Å². The number of ether oxygens (including phenoxy) is 4. The molecular formula is C65H67N3O5. The second-order valence-electron chi connectivity index (χ2n) is 18.7. The summed E-state index contributed by atoms with van der Waals surface area (Å²) in [4.78, 5) is 19.4. The van der Waals surface area contributed by atoms with Crippen LogP contribution in [-0.4, -0.2) is 33.0 Å². The summed E-state index contributed by atoms with van der Waals surface area (Å²) in [6, 6.07) is 62.3. The summed E-state index contributed by atoms with van der Waals surface area (Å²) in [5.41, 5.74) is 12.0. The maximum atomic E-state index is 15.0. The SMILES string of the molecule is CCCCCCCCCCCCn1c2ccc(-c3ccc(N(c4ccc(OC)cc4)c4ccc(OC)cc4)cc3)cc2c(=O)c2cc(-c3ccc(N(c4ccc(OC)cc4)c4ccc(OC)cc4)cc3)ccc21. The van der Waals surface area contributed by atoms with Crippen LogP contribution in [0.4, 0.5) is 34.1 Å². The number of hydrogen-bond acceptors (Lipinski definition) is 7. The molecule has 9 rings (SSSR count). The highest BCUT2D eigenvalue weighted by Crippen LogP contribution is 2.40.